The lowest BCUT2D eigenvalue weighted by atomic mass is 10.1. The summed E-state index contributed by atoms with van der Waals surface area (Å²) in [4.78, 5) is 0. The summed E-state index contributed by atoms with van der Waals surface area (Å²) in [5, 5.41) is 6.89. The first-order valence-corrected chi connectivity index (χ1v) is 6.09. The highest BCUT2D eigenvalue weighted by Gasteiger charge is 2.33. The fourth-order valence-electron chi connectivity index (χ4n) is 1.97. The molecule has 0 bridgehead atoms. The van der Waals surface area contributed by atoms with E-state index in [9.17, 15) is 13.2 Å². The summed E-state index contributed by atoms with van der Waals surface area (Å²) in [6, 6.07) is 5.26. The van der Waals surface area contributed by atoms with Gasteiger partial charge in [-0.3, -0.25) is 4.68 Å². The number of nitrogens with zero attached hydrogens (tertiary/aromatic N) is 2. The van der Waals surface area contributed by atoms with E-state index in [-0.39, 0.29) is 5.69 Å². The van der Waals surface area contributed by atoms with Crippen LogP contribution in [0.25, 0.3) is 0 Å². The molecule has 1 aromatic heterocycles. The van der Waals surface area contributed by atoms with E-state index in [0.717, 1.165) is 6.07 Å². The van der Waals surface area contributed by atoms with Gasteiger partial charge in [0.15, 0.2) is 5.82 Å². The van der Waals surface area contributed by atoms with Gasteiger partial charge in [0.05, 0.1) is 22.6 Å². The van der Waals surface area contributed by atoms with Crippen LogP contribution in [0.4, 0.5) is 30.4 Å². The average molecular weight is 284 g/mol. The van der Waals surface area contributed by atoms with Crippen LogP contribution in [-0.2, 0) is 19.6 Å². The Kier molecular flexibility index (Phi) is 3.61. The highest BCUT2D eigenvalue weighted by molar-refractivity contribution is 5.73. The quantitative estimate of drug-likeness (QED) is 0.909. The summed E-state index contributed by atoms with van der Waals surface area (Å²) in [6.45, 7) is 1.88. The summed E-state index contributed by atoms with van der Waals surface area (Å²) < 4.78 is 40.2. The maximum Gasteiger partial charge on any atom is 0.418 e. The molecule has 1 aromatic carbocycles. The Morgan fingerprint density at radius 2 is 1.95 bits per heavy atom. The Morgan fingerprint density at radius 3 is 2.50 bits per heavy atom. The minimum atomic E-state index is -4.43. The topological polar surface area (TPSA) is 55.9 Å². The molecule has 4 nitrogen and oxygen atoms in total. The van der Waals surface area contributed by atoms with Crippen LogP contribution in [0.5, 0.6) is 0 Å². The first-order valence-electron chi connectivity index (χ1n) is 6.09. The standard InChI is InChI=1S/C13H15F3N4/c1-3-9-11(17)12(20(2)19-9)18-10-7-5-4-6-8(10)13(14,15)16/h4-7,18H,3,17H2,1-2H3. The van der Waals surface area contributed by atoms with Crippen molar-refractivity contribution in [2.45, 2.75) is 19.5 Å². The molecule has 20 heavy (non-hydrogen) atoms. The van der Waals surface area contributed by atoms with Crippen molar-refractivity contribution < 1.29 is 13.2 Å². The lowest BCUT2D eigenvalue weighted by Gasteiger charge is -2.14. The van der Waals surface area contributed by atoms with E-state index in [0.29, 0.717) is 23.6 Å². The third-order valence-corrected chi connectivity index (χ3v) is 2.98. The van der Waals surface area contributed by atoms with Gasteiger partial charge >= 0.3 is 6.18 Å². The molecule has 0 saturated carbocycles. The minimum absolute atomic E-state index is 0.0441. The fourth-order valence-corrected chi connectivity index (χ4v) is 1.97. The van der Waals surface area contributed by atoms with Crippen molar-refractivity contribution in [3.8, 4) is 0 Å². The van der Waals surface area contributed by atoms with Crippen molar-refractivity contribution in [1.29, 1.82) is 0 Å². The van der Waals surface area contributed by atoms with Crippen molar-refractivity contribution in [3.63, 3.8) is 0 Å². The molecule has 0 saturated heterocycles. The predicted molar refractivity (Wildman–Crippen MR) is 71.7 cm³/mol. The zero-order chi connectivity index (χ0) is 14.9. The summed E-state index contributed by atoms with van der Waals surface area (Å²) in [5.41, 5.74) is 6.13. The number of anilines is 3. The van der Waals surface area contributed by atoms with E-state index < -0.39 is 11.7 Å². The van der Waals surface area contributed by atoms with Crippen molar-refractivity contribution in [1.82, 2.24) is 9.78 Å². The highest BCUT2D eigenvalue weighted by atomic mass is 19.4. The van der Waals surface area contributed by atoms with Crippen molar-refractivity contribution in [3.05, 3.63) is 35.5 Å². The van der Waals surface area contributed by atoms with Crippen LogP contribution in [0.15, 0.2) is 24.3 Å². The number of hydrogen-bond donors (Lipinski definition) is 2. The Bertz CT molecular complexity index is 617. The summed E-state index contributed by atoms with van der Waals surface area (Å²) in [5.74, 6) is 0.360. The number of aryl methyl sites for hydroxylation is 2. The van der Waals surface area contributed by atoms with Crippen LogP contribution >= 0.6 is 0 Å². The molecule has 0 radical (unpaired) electrons. The van der Waals surface area contributed by atoms with Crippen molar-refractivity contribution >= 4 is 17.2 Å². The Morgan fingerprint density at radius 1 is 1.30 bits per heavy atom. The highest BCUT2D eigenvalue weighted by Crippen LogP contribution is 2.37. The van der Waals surface area contributed by atoms with Crippen LogP contribution < -0.4 is 11.1 Å². The van der Waals surface area contributed by atoms with Gasteiger partial charge in [-0.25, -0.2) is 0 Å². The van der Waals surface area contributed by atoms with Gasteiger partial charge in [-0.1, -0.05) is 19.1 Å². The smallest absolute Gasteiger partial charge is 0.394 e. The van der Waals surface area contributed by atoms with E-state index in [1.807, 2.05) is 6.92 Å². The van der Waals surface area contributed by atoms with Crippen molar-refractivity contribution in [2.24, 2.45) is 7.05 Å². The van der Waals surface area contributed by atoms with Gasteiger partial charge in [0.25, 0.3) is 0 Å². The number of halogens is 3. The lowest BCUT2D eigenvalue weighted by Crippen LogP contribution is -2.10. The van der Waals surface area contributed by atoms with Crippen LogP contribution in [-0.4, -0.2) is 9.78 Å². The molecule has 3 N–H and O–H groups in total. The lowest BCUT2D eigenvalue weighted by molar-refractivity contribution is -0.136. The number of nitrogen functional groups attached to an aromatic ring is 1. The third-order valence-electron chi connectivity index (χ3n) is 2.98. The average Bonchev–Trinajstić information content (AvgIpc) is 2.65. The van der Waals surface area contributed by atoms with Gasteiger partial charge in [-0.15, -0.1) is 0 Å². The predicted octanol–water partition coefficient (Wildman–Crippen LogP) is 3.33. The van der Waals surface area contributed by atoms with E-state index in [2.05, 4.69) is 10.4 Å². The molecule has 0 fully saturated rings. The SMILES string of the molecule is CCc1nn(C)c(Nc2ccccc2C(F)(F)F)c1N. The number of alkyl halides is 3. The Balaban J connectivity index is 2.44. The van der Waals surface area contributed by atoms with Crippen LogP contribution in [0.1, 0.15) is 18.2 Å². The molecule has 0 spiro atoms. The number of nitrogens with two attached hydrogens (primary N) is 1. The second-order valence-corrected chi connectivity index (χ2v) is 4.35. The zero-order valence-electron chi connectivity index (χ0n) is 11.1. The van der Waals surface area contributed by atoms with E-state index in [1.165, 1.54) is 22.9 Å². The Labute approximate surface area is 114 Å². The van der Waals surface area contributed by atoms with Gasteiger partial charge in [-0.05, 0) is 18.6 Å². The maximum atomic E-state index is 12.9. The molecule has 0 aliphatic rings. The molecule has 2 rings (SSSR count). The van der Waals surface area contributed by atoms with E-state index in [1.54, 1.807) is 7.05 Å². The van der Waals surface area contributed by atoms with Gasteiger partial charge in [0.1, 0.15) is 0 Å². The molecule has 2 aromatic rings. The molecule has 108 valence electrons. The minimum Gasteiger partial charge on any atom is -0.394 e. The second kappa shape index (κ2) is 5.07. The number of nitrogens with one attached hydrogen (secondary N) is 1. The molecule has 0 unspecified atom stereocenters. The largest absolute Gasteiger partial charge is 0.418 e. The normalized spacial score (nSPS) is 11.7. The Hall–Kier alpha value is -2.18. The summed E-state index contributed by atoms with van der Waals surface area (Å²) >= 11 is 0. The molecule has 7 heteroatoms. The molecule has 0 atom stereocenters. The summed E-state index contributed by atoms with van der Waals surface area (Å²) in [7, 11) is 1.63. The first kappa shape index (κ1) is 14.2. The number of rotatable bonds is 3. The second-order valence-electron chi connectivity index (χ2n) is 4.35. The molecular weight excluding hydrogens is 269 g/mol. The van der Waals surface area contributed by atoms with E-state index in [4.69, 9.17) is 5.73 Å². The monoisotopic (exact) mass is 284 g/mol. The molecular formula is C13H15F3N4. The molecule has 0 aliphatic carbocycles. The molecule has 0 aliphatic heterocycles. The van der Waals surface area contributed by atoms with E-state index >= 15 is 0 Å². The summed E-state index contributed by atoms with van der Waals surface area (Å²) in [6.07, 6.45) is -3.81. The number of hydrogen-bond acceptors (Lipinski definition) is 3. The maximum absolute atomic E-state index is 12.9. The van der Waals surface area contributed by atoms with Crippen molar-refractivity contribution in [2.75, 3.05) is 11.1 Å². The fraction of sp³-hybridized carbons (Fsp3) is 0.308. The molecule has 0 amide bonds. The van der Waals surface area contributed by atoms with Crippen LogP contribution in [0.3, 0.4) is 0 Å². The van der Waals surface area contributed by atoms with Crippen LogP contribution in [0.2, 0.25) is 0 Å². The van der Waals surface area contributed by atoms with Crippen LogP contribution in [0, 0.1) is 0 Å². The van der Waals surface area contributed by atoms with Gasteiger partial charge in [-0.2, -0.15) is 18.3 Å². The zero-order valence-corrected chi connectivity index (χ0v) is 11.1. The number of aromatic nitrogens is 2. The number of benzene rings is 1. The van der Waals surface area contributed by atoms with Gasteiger partial charge in [0, 0.05) is 7.05 Å². The molecule has 1 heterocycles. The van der Waals surface area contributed by atoms with Gasteiger partial charge in [0.2, 0.25) is 0 Å². The van der Waals surface area contributed by atoms with Gasteiger partial charge < -0.3 is 11.1 Å². The number of para-hydroxylation sites is 1. The first-order chi connectivity index (χ1) is 9.34. The third kappa shape index (κ3) is 2.56.